The molecule has 0 aliphatic carbocycles. The van der Waals surface area contributed by atoms with Gasteiger partial charge < -0.3 is 16.0 Å². The molecule has 0 aliphatic rings. The zero-order valence-electron chi connectivity index (χ0n) is 9.21. The normalized spacial score (nSPS) is 10.4. The maximum atomic E-state index is 11.0. The van der Waals surface area contributed by atoms with Crippen LogP contribution in [0.4, 0.5) is 5.69 Å². The average Bonchev–Trinajstić information content (AvgIpc) is 2.20. The van der Waals surface area contributed by atoms with Crippen molar-refractivity contribution in [2.24, 2.45) is 5.73 Å². The molecule has 4 N–H and O–H groups in total. The third-order valence-corrected chi connectivity index (χ3v) is 1.98. The largest absolute Gasteiger partial charge is 0.336 e. The van der Waals surface area contributed by atoms with Crippen LogP contribution in [-0.4, -0.2) is 26.5 Å². The third kappa shape index (κ3) is 4.10. The fourth-order valence-corrected chi connectivity index (χ4v) is 1.33. The number of quaternary nitrogens is 1. The zero-order valence-corrected chi connectivity index (χ0v) is 9.21. The quantitative estimate of drug-likeness (QED) is 0.608. The summed E-state index contributed by atoms with van der Waals surface area (Å²) in [4.78, 5) is 12.4. The molecular weight excluding hydrogens is 190 g/mol. The predicted molar refractivity (Wildman–Crippen MR) is 60.6 cm³/mol. The minimum absolute atomic E-state index is 0.0175. The molecule has 82 valence electrons. The Labute approximate surface area is 90.1 Å². The van der Waals surface area contributed by atoms with Crippen molar-refractivity contribution in [3.05, 3.63) is 29.8 Å². The van der Waals surface area contributed by atoms with Crippen LogP contribution in [0.2, 0.25) is 0 Å². The Morgan fingerprint density at radius 2 is 1.93 bits per heavy atom. The number of rotatable bonds is 4. The van der Waals surface area contributed by atoms with Crippen molar-refractivity contribution >= 4 is 11.6 Å². The van der Waals surface area contributed by atoms with Crippen LogP contribution < -0.4 is 16.0 Å². The van der Waals surface area contributed by atoms with E-state index in [9.17, 15) is 4.79 Å². The van der Waals surface area contributed by atoms with E-state index in [0.29, 0.717) is 0 Å². The number of benzene rings is 1. The summed E-state index contributed by atoms with van der Waals surface area (Å²) in [7, 11) is 4.20. The number of amides is 1. The van der Waals surface area contributed by atoms with E-state index in [2.05, 4.69) is 19.4 Å². The molecule has 15 heavy (non-hydrogen) atoms. The topological polar surface area (TPSA) is 59.6 Å². The monoisotopic (exact) mass is 208 g/mol. The summed E-state index contributed by atoms with van der Waals surface area (Å²) in [5, 5.41) is 2.70. The second-order valence-electron chi connectivity index (χ2n) is 3.83. The van der Waals surface area contributed by atoms with Gasteiger partial charge in [-0.05, 0) is 12.1 Å². The van der Waals surface area contributed by atoms with Gasteiger partial charge in [-0.25, -0.2) is 0 Å². The smallest absolute Gasteiger partial charge is 0.238 e. The molecule has 0 heterocycles. The van der Waals surface area contributed by atoms with Crippen molar-refractivity contribution in [3.8, 4) is 0 Å². The van der Waals surface area contributed by atoms with Gasteiger partial charge in [0.05, 0.1) is 20.6 Å². The Bertz CT molecular complexity index is 319. The molecule has 0 aliphatic heterocycles. The van der Waals surface area contributed by atoms with Crippen molar-refractivity contribution in [1.82, 2.24) is 0 Å². The number of hydrogen-bond acceptors (Lipinski definition) is 2. The van der Waals surface area contributed by atoms with Gasteiger partial charge in [0, 0.05) is 11.3 Å². The lowest BCUT2D eigenvalue weighted by Crippen LogP contribution is -3.04. The molecule has 0 bridgehead atoms. The maximum Gasteiger partial charge on any atom is 0.238 e. The van der Waals surface area contributed by atoms with Crippen LogP contribution >= 0.6 is 0 Å². The summed E-state index contributed by atoms with van der Waals surface area (Å²) < 4.78 is 0. The number of hydrogen-bond donors (Lipinski definition) is 3. The van der Waals surface area contributed by atoms with Crippen LogP contribution in [0.15, 0.2) is 24.3 Å². The molecule has 4 nitrogen and oxygen atoms in total. The Kier molecular flexibility index (Phi) is 4.27. The van der Waals surface area contributed by atoms with E-state index in [-0.39, 0.29) is 12.5 Å². The Morgan fingerprint density at radius 1 is 1.33 bits per heavy atom. The highest BCUT2D eigenvalue weighted by atomic mass is 16.1. The van der Waals surface area contributed by atoms with Gasteiger partial charge in [-0.15, -0.1) is 0 Å². The summed E-state index contributed by atoms with van der Waals surface area (Å²) >= 11 is 0. The van der Waals surface area contributed by atoms with E-state index in [0.717, 1.165) is 12.2 Å². The van der Waals surface area contributed by atoms with Crippen LogP contribution in [0.1, 0.15) is 5.56 Å². The van der Waals surface area contributed by atoms with Gasteiger partial charge in [0.25, 0.3) is 0 Å². The molecular formula is C11H18N3O+. The summed E-state index contributed by atoms with van der Waals surface area (Å²) in [5.41, 5.74) is 7.25. The second kappa shape index (κ2) is 5.48. The maximum absolute atomic E-state index is 11.0. The molecule has 0 fully saturated rings. The molecule has 0 saturated carbocycles. The molecule has 1 rings (SSSR count). The Morgan fingerprint density at radius 3 is 2.40 bits per heavy atom. The lowest BCUT2D eigenvalue weighted by molar-refractivity contribution is -0.872. The number of nitrogens with one attached hydrogen (secondary N) is 2. The van der Waals surface area contributed by atoms with Crippen LogP contribution in [0.3, 0.4) is 0 Å². The van der Waals surface area contributed by atoms with Crippen molar-refractivity contribution in [1.29, 1.82) is 0 Å². The van der Waals surface area contributed by atoms with Crippen LogP contribution in [0.25, 0.3) is 0 Å². The third-order valence-electron chi connectivity index (χ3n) is 1.98. The molecule has 0 atom stereocenters. The summed E-state index contributed by atoms with van der Waals surface area (Å²) in [6, 6.07) is 7.82. The molecule has 0 aromatic heterocycles. The van der Waals surface area contributed by atoms with Crippen molar-refractivity contribution in [2.75, 3.05) is 26.0 Å². The van der Waals surface area contributed by atoms with Gasteiger partial charge in [0.15, 0.2) is 0 Å². The first kappa shape index (κ1) is 11.7. The van der Waals surface area contributed by atoms with E-state index in [4.69, 9.17) is 5.73 Å². The summed E-state index contributed by atoms with van der Waals surface area (Å²) in [6.45, 7) is 0.995. The van der Waals surface area contributed by atoms with Crippen molar-refractivity contribution < 1.29 is 9.69 Å². The van der Waals surface area contributed by atoms with Crippen molar-refractivity contribution in [3.63, 3.8) is 0 Å². The zero-order chi connectivity index (χ0) is 11.3. The molecule has 1 amide bonds. The number of carbonyl (C=O) groups is 1. The predicted octanol–water partition coefficient (Wildman–Crippen LogP) is -0.772. The van der Waals surface area contributed by atoms with E-state index < -0.39 is 0 Å². The van der Waals surface area contributed by atoms with Gasteiger partial charge in [-0.1, -0.05) is 12.1 Å². The highest BCUT2D eigenvalue weighted by Crippen LogP contribution is 2.08. The molecule has 0 unspecified atom stereocenters. The number of nitrogens with two attached hydrogens (primary N) is 1. The standard InChI is InChI=1S/C11H17N3O/c1-14(2)8-9-3-5-10(6-4-9)13-11(15)7-12/h3-6H,7-8,12H2,1-2H3,(H,13,15)/p+1. The lowest BCUT2D eigenvalue weighted by Gasteiger charge is -2.08. The van der Waals surface area contributed by atoms with Crippen molar-refractivity contribution in [2.45, 2.75) is 6.54 Å². The summed E-state index contributed by atoms with van der Waals surface area (Å²) in [5.74, 6) is -0.166. The highest BCUT2D eigenvalue weighted by molar-refractivity contribution is 5.92. The van der Waals surface area contributed by atoms with Crippen LogP contribution in [-0.2, 0) is 11.3 Å². The Balaban J connectivity index is 2.60. The van der Waals surface area contributed by atoms with Crippen LogP contribution in [0, 0.1) is 0 Å². The lowest BCUT2D eigenvalue weighted by atomic mass is 10.2. The molecule has 4 heteroatoms. The van der Waals surface area contributed by atoms with E-state index in [1.807, 2.05) is 24.3 Å². The summed E-state index contributed by atoms with van der Waals surface area (Å²) in [6.07, 6.45) is 0. The molecule has 1 aromatic carbocycles. The van der Waals surface area contributed by atoms with Gasteiger partial charge >= 0.3 is 0 Å². The second-order valence-corrected chi connectivity index (χ2v) is 3.83. The van der Waals surface area contributed by atoms with Gasteiger partial charge in [-0.2, -0.15) is 0 Å². The first-order chi connectivity index (χ1) is 7.11. The average molecular weight is 208 g/mol. The highest BCUT2D eigenvalue weighted by Gasteiger charge is 2.00. The van der Waals surface area contributed by atoms with Gasteiger partial charge in [0.2, 0.25) is 5.91 Å². The molecule has 0 radical (unpaired) electrons. The molecule has 1 aromatic rings. The minimum Gasteiger partial charge on any atom is -0.336 e. The van der Waals surface area contributed by atoms with E-state index in [1.54, 1.807) is 0 Å². The van der Waals surface area contributed by atoms with E-state index in [1.165, 1.54) is 10.5 Å². The minimum atomic E-state index is -0.166. The van der Waals surface area contributed by atoms with E-state index >= 15 is 0 Å². The number of carbonyl (C=O) groups excluding carboxylic acids is 1. The first-order valence-corrected chi connectivity index (χ1v) is 4.99. The first-order valence-electron chi connectivity index (χ1n) is 4.99. The fraction of sp³-hybridized carbons (Fsp3) is 0.364. The molecule has 0 saturated heterocycles. The SMILES string of the molecule is C[NH+](C)Cc1ccc(NC(=O)CN)cc1. The van der Waals surface area contributed by atoms with Gasteiger partial charge in [-0.3, -0.25) is 4.79 Å². The molecule has 0 spiro atoms. The fourth-order valence-electron chi connectivity index (χ4n) is 1.33. The van der Waals surface area contributed by atoms with Crippen LogP contribution in [0.5, 0.6) is 0 Å². The number of anilines is 1. The Hall–Kier alpha value is -1.39. The van der Waals surface area contributed by atoms with Gasteiger partial charge in [0.1, 0.15) is 6.54 Å².